The van der Waals surface area contributed by atoms with E-state index in [1.807, 2.05) is 0 Å². The molecule has 1 rings (SSSR count). The maximum atomic E-state index is 13.3. The first-order valence-electron chi connectivity index (χ1n) is 9.85. The summed E-state index contributed by atoms with van der Waals surface area (Å²) in [7, 11) is -2.27. The molecule has 1 aromatic carbocycles. The molecule has 0 aliphatic carbocycles. The van der Waals surface area contributed by atoms with Gasteiger partial charge < -0.3 is 8.85 Å². The van der Waals surface area contributed by atoms with Gasteiger partial charge in [-0.25, -0.2) is 4.39 Å². The quantitative estimate of drug-likeness (QED) is 0.222. The van der Waals surface area contributed by atoms with Crippen molar-refractivity contribution in [2.75, 3.05) is 6.61 Å². The number of unbranched alkanes of at least 4 members (excludes halogenated alkanes) is 7. The predicted molar refractivity (Wildman–Crippen MR) is 110 cm³/mol. The topological polar surface area (TPSA) is 18.5 Å². The number of halogens is 2. The average Bonchev–Trinajstić information content (AvgIpc) is 2.61. The highest BCUT2D eigenvalue weighted by Gasteiger charge is 2.36. The summed E-state index contributed by atoms with van der Waals surface area (Å²) in [5, 5.41) is 0. The van der Waals surface area contributed by atoms with Gasteiger partial charge in [-0.3, -0.25) is 0 Å². The minimum atomic E-state index is -2.27. The monoisotopic (exact) mass is 432 g/mol. The smallest absolute Gasteiger partial charge is 0.398 e. The molecule has 0 saturated carbocycles. The van der Waals surface area contributed by atoms with E-state index in [4.69, 9.17) is 8.85 Å². The van der Waals surface area contributed by atoms with Crippen LogP contribution in [0.15, 0.2) is 22.7 Å². The molecule has 0 aromatic heterocycles. The van der Waals surface area contributed by atoms with Gasteiger partial charge in [0.2, 0.25) is 0 Å². The van der Waals surface area contributed by atoms with E-state index in [-0.39, 0.29) is 5.82 Å². The summed E-state index contributed by atoms with van der Waals surface area (Å²) < 4.78 is 26.4. The first-order chi connectivity index (χ1) is 12.1. The van der Waals surface area contributed by atoms with Gasteiger partial charge in [0.05, 0.1) is 4.47 Å². The largest absolute Gasteiger partial charge is 0.519 e. The van der Waals surface area contributed by atoms with Gasteiger partial charge >= 0.3 is 8.56 Å². The Kier molecular flexibility index (Phi) is 11.7. The number of hydrogen-bond donors (Lipinski definition) is 0. The van der Waals surface area contributed by atoms with Gasteiger partial charge in [0, 0.05) is 6.61 Å². The molecule has 0 amide bonds. The highest BCUT2D eigenvalue weighted by Crippen LogP contribution is 2.30. The van der Waals surface area contributed by atoms with Crippen molar-refractivity contribution in [3.8, 4) is 5.75 Å². The lowest BCUT2D eigenvalue weighted by atomic mass is 10.1. The molecular formula is C20H34BrFO2Si. The average molecular weight is 433 g/mol. The second kappa shape index (κ2) is 12.9. The van der Waals surface area contributed by atoms with Crippen LogP contribution < -0.4 is 4.43 Å². The van der Waals surface area contributed by atoms with Crippen molar-refractivity contribution < 1.29 is 13.2 Å². The van der Waals surface area contributed by atoms with Crippen molar-refractivity contribution in [2.24, 2.45) is 0 Å². The molecule has 0 fully saturated rings. The van der Waals surface area contributed by atoms with Crippen LogP contribution >= 0.6 is 15.9 Å². The van der Waals surface area contributed by atoms with Gasteiger partial charge in [-0.1, -0.05) is 65.7 Å². The Labute approximate surface area is 162 Å². The van der Waals surface area contributed by atoms with Crippen molar-refractivity contribution in [2.45, 2.75) is 84.2 Å². The van der Waals surface area contributed by atoms with Crippen LogP contribution in [0.5, 0.6) is 5.75 Å². The molecule has 2 nitrogen and oxygen atoms in total. The van der Waals surface area contributed by atoms with Gasteiger partial charge in [-0.05, 0) is 52.6 Å². The summed E-state index contributed by atoms with van der Waals surface area (Å²) in [6.07, 6.45) is 10.3. The van der Waals surface area contributed by atoms with Crippen molar-refractivity contribution in [3.63, 3.8) is 0 Å². The van der Waals surface area contributed by atoms with Gasteiger partial charge in [-0.2, -0.15) is 0 Å². The summed E-state index contributed by atoms with van der Waals surface area (Å²) in [6.45, 7) is 7.27. The maximum Gasteiger partial charge on any atom is 0.398 e. The molecular weight excluding hydrogens is 399 g/mol. The van der Waals surface area contributed by atoms with Crippen LogP contribution in [-0.4, -0.2) is 15.2 Å². The first kappa shape index (κ1) is 22.6. The van der Waals surface area contributed by atoms with Gasteiger partial charge in [-0.15, -0.1) is 0 Å². The van der Waals surface area contributed by atoms with Gasteiger partial charge in [0.25, 0.3) is 0 Å². The third-order valence-electron chi connectivity index (χ3n) is 4.63. The minimum Gasteiger partial charge on any atom is -0.519 e. The third kappa shape index (κ3) is 8.69. The zero-order chi connectivity index (χ0) is 18.5. The summed E-state index contributed by atoms with van der Waals surface area (Å²) >= 11 is 3.39. The number of hydrogen-bond acceptors (Lipinski definition) is 2. The molecule has 0 unspecified atom stereocenters. The molecule has 5 heteroatoms. The maximum absolute atomic E-state index is 13.3. The molecule has 0 bridgehead atoms. The Bertz CT molecular complexity index is 481. The molecule has 1 aromatic rings. The fraction of sp³-hybridized carbons (Fsp3) is 0.700. The van der Waals surface area contributed by atoms with Crippen molar-refractivity contribution in [3.05, 3.63) is 28.5 Å². The van der Waals surface area contributed by atoms with Crippen LogP contribution in [0.1, 0.15) is 72.1 Å². The van der Waals surface area contributed by atoms with Crippen LogP contribution in [0.25, 0.3) is 0 Å². The van der Waals surface area contributed by atoms with Crippen molar-refractivity contribution >= 4 is 24.5 Å². The Morgan fingerprint density at radius 3 is 2.08 bits per heavy atom. The Morgan fingerprint density at radius 1 is 0.920 bits per heavy atom. The molecule has 0 saturated heterocycles. The normalized spacial score (nSPS) is 11.7. The second-order valence-corrected chi connectivity index (χ2v) is 11.2. The van der Waals surface area contributed by atoms with E-state index in [1.165, 1.54) is 57.1 Å². The fourth-order valence-corrected chi connectivity index (χ4v) is 5.81. The molecule has 0 spiro atoms. The van der Waals surface area contributed by atoms with Crippen LogP contribution in [0.2, 0.25) is 12.1 Å². The highest BCUT2D eigenvalue weighted by molar-refractivity contribution is 9.10. The lowest BCUT2D eigenvalue weighted by Gasteiger charge is -2.30. The SMILES string of the molecule is CCCCCCCCCCO[Si](CC)(CC)Oc1ccc(F)cc1Br. The van der Waals surface area contributed by atoms with Crippen LogP contribution in [-0.2, 0) is 4.43 Å². The van der Waals surface area contributed by atoms with Gasteiger partial charge in [0.15, 0.2) is 0 Å². The molecule has 0 N–H and O–H groups in total. The summed E-state index contributed by atoms with van der Waals surface area (Å²) in [4.78, 5) is 0. The van der Waals surface area contributed by atoms with E-state index in [0.717, 1.165) is 25.1 Å². The Morgan fingerprint density at radius 2 is 1.52 bits per heavy atom. The molecule has 0 atom stereocenters. The first-order valence-corrected chi connectivity index (χ1v) is 12.9. The molecule has 0 heterocycles. The van der Waals surface area contributed by atoms with E-state index in [9.17, 15) is 4.39 Å². The van der Waals surface area contributed by atoms with Crippen LogP contribution in [0, 0.1) is 5.82 Å². The van der Waals surface area contributed by atoms with E-state index in [1.54, 1.807) is 6.07 Å². The molecule has 25 heavy (non-hydrogen) atoms. The molecule has 0 aliphatic rings. The number of benzene rings is 1. The lowest BCUT2D eigenvalue weighted by Crippen LogP contribution is -2.44. The lowest BCUT2D eigenvalue weighted by molar-refractivity contribution is 0.230. The summed E-state index contributed by atoms with van der Waals surface area (Å²) in [5.41, 5.74) is 0. The van der Waals surface area contributed by atoms with Crippen LogP contribution in [0.3, 0.4) is 0 Å². The van der Waals surface area contributed by atoms with Gasteiger partial charge in [0.1, 0.15) is 11.6 Å². The van der Waals surface area contributed by atoms with E-state index in [2.05, 4.69) is 36.7 Å². The minimum absolute atomic E-state index is 0.264. The third-order valence-corrected chi connectivity index (χ3v) is 8.73. The predicted octanol–water partition coefficient (Wildman–Crippen LogP) is 7.61. The highest BCUT2D eigenvalue weighted by atomic mass is 79.9. The Hall–Kier alpha value is -0.393. The summed E-state index contributed by atoms with van der Waals surface area (Å²) in [6, 6.07) is 6.35. The van der Waals surface area contributed by atoms with E-state index in [0.29, 0.717) is 10.2 Å². The number of rotatable bonds is 14. The fourth-order valence-electron chi connectivity index (χ4n) is 2.88. The van der Waals surface area contributed by atoms with E-state index >= 15 is 0 Å². The van der Waals surface area contributed by atoms with Crippen molar-refractivity contribution in [1.82, 2.24) is 0 Å². The van der Waals surface area contributed by atoms with Crippen LogP contribution in [0.4, 0.5) is 4.39 Å². The molecule has 0 radical (unpaired) electrons. The summed E-state index contributed by atoms with van der Waals surface area (Å²) in [5.74, 6) is 0.423. The Balaban J connectivity index is 2.37. The zero-order valence-corrected chi connectivity index (χ0v) is 18.7. The van der Waals surface area contributed by atoms with Crippen molar-refractivity contribution in [1.29, 1.82) is 0 Å². The second-order valence-electron chi connectivity index (χ2n) is 6.62. The molecule has 0 aliphatic heterocycles. The zero-order valence-electron chi connectivity index (χ0n) is 16.1. The molecule has 144 valence electrons. The van der Waals surface area contributed by atoms with E-state index < -0.39 is 8.56 Å². The standard InChI is InChI=1S/C20H34BrFO2Si/c1-4-7-8-9-10-11-12-13-16-23-25(5-2,6-3)24-20-15-14-18(22)17-19(20)21/h14-15,17H,4-13,16H2,1-3H3.